The first-order chi connectivity index (χ1) is 9.75. The summed E-state index contributed by atoms with van der Waals surface area (Å²) in [7, 11) is 0. The highest BCUT2D eigenvalue weighted by atomic mass is 35.5. The Hall–Kier alpha value is -0.970. The van der Waals surface area contributed by atoms with E-state index < -0.39 is 0 Å². The van der Waals surface area contributed by atoms with Gasteiger partial charge in [-0.3, -0.25) is 0 Å². The number of hydrogen-bond acceptors (Lipinski definition) is 2. The van der Waals surface area contributed by atoms with Gasteiger partial charge in [0.2, 0.25) is 0 Å². The molecular weight excluding hydrogens is 311 g/mol. The summed E-state index contributed by atoms with van der Waals surface area (Å²) in [6.07, 6.45) is 0.631. The molecule has 4 nitrogen and oxygen atoms in total. The molecule has 118 valence electrons. The summed E-state index contributed by atoms with van der Waals surface area (Å²) >= 11 is 12.0. The Kier molecular flexibility index (Phi) is 6.78. The molecule has 0 spiro atoms. The van der Waals surface area contributed by atoms with Gasteiger partial charge in [0, 0.05) is 23.2 Å². The van der Waals surface area contributed by atoms with Crippen LogP contribution in [0.3, 0.4) is 0 Å². The molecule has 1 unspecified atom stereocenters. The summed E-state index contributed by atoms with van der Waals surface area (Å²) in [4.78, 5) is 11.9. The molecule has 1 aromatic rings. The largest absolute Gasteiger partial charge is 0.396 e. The summed E-state index contributed by atoms with van der Waals surface area (Å²) in [5, 5.41) is 15.7. The van der Waals surface area contributed by atoms with Crippen LogP contribution in [0, 0.1) is 5.41 Å². The van der Waals surface area contributed by atoms with Crippen LogP contribution >= 0.6 is 23.2 Å². The van der Waals surface area contributed by atoms with Crippen molar-refractivity contribution in [3.8, 4) is 0 Å². The third-order valence-corrected chi connectivity index (χ3v) is 3.86. The molecule has 0 radical (unpaired) electrons. The molecular formula is C15H22Cl2N2O2. The number of carbonyl (C=O) groups excluding carboxylic acids is 1. The minimum absolute atomic E-state index is 0.104. The highest BCUT2D eigenvalue weighted by Gasteiger charge is 2.19. The van der Waals surface area contributed by atoms with Gasteiger partial charge in [0.25, 0.3) is 0 Å². The van der Waals surface area contributed by atoms with Gasteiger partial charge >= 0.3 is 6.03 Å². The van der Waals surface area contributed by atoms with E-state index in [9.17, 15) is 4.79 Å². The summed E-state index contributed by atoms with van der Waals surface area (Å²) in [6, 6.07) is 4.70. The number of benzene rings is 1. The number of nitrogens with one attached hydrogen (secondary N) is 2. The van der Waals surface area contributed by atoms with Crippen molar-refractivity contribution in [1.82, 2.24) is 10.6 Å². The molecule has 3 N–H and O–H groups in total. The zero-order chi connectivity index (χ0) is 16.0. The van der Waals surface area contributed by atoms with E-state index in [0.717, 1.165) is 5.56 Å². The Balaban J connectivity index is 2.54. The number of aliphatic hydroxyl groups is 1. The number of amides is 2. The van der Waals surface area contributed by atoms with Crippen LogP contribution in [0.15, 0.2) is 18.2 Å². The third kappa shape index (κ3) is 6.12. The predicted octanol–water partition coefficient (Wildman–Crippen LogP) is 3.76. The van der Waals surface area contributed by atoms with Crippen molar-refractivity contribution in [2.24, 2.45) is 5.41 Å². The average Bonchev–Trinajstić information content (AvgIpc) is 2.36. The lowest BCUT2D eigenvalue weighted by Crippen LogP contribution is -2.41. The van der Waals surface area contributed by atoms with Crippen LogP contribution in [-0.4, -0.2) is 24.3 Å². The molecule has 0 bridgehead atoms. The predicted molar refractivity (Wildman–Crippen MR) is 86.9 cm³/mol. The maximum Gasteiger partial charge on any atom is 0.315 e. The minimum atomic E-state index is -0.264. The summed E-state index contributed by atoms with van der Waals surface area (Å²) in [5.41, 5.74) is 0.665. The van der Waals surface area contributed by atoms with Crippen LogP contribution in [0.4, 0.5) is 4.79 Å². The van der Waals surface area contributed by atoms with E-state index in [4.69, 9.17) is 28.3 Å². The molecule has 0 saturated heterocycles. The van der Waals surface area contributed by atoms with Gasteiger partial charge in [-0.25, -0.2) is 4.79 Å². The monoisotopic (exact) mass is 332 g/mol. The first-order valence-corrected chi connectivity index (χ1v) is 7.61. The number of urea groups is 1. The Bertz CT molecular complexity index is 493. The van der Waals surface area contributed by atoms with Gasteiger partial charge in [0.15, 0.2) is 0 Å². The number of aliphatic hydroxyl groups excluding tert-OH is 1. The highest BCUT2D eigenvalue weighted by Crippen LogP contribution is 2.26. The SMILES string of the molecule is CC(NC(=O)NCC(C)(C)CCO)c1ccc(Cl)cc1Cl. The average molecular weight is 333 g/mol. The number of carbonyl (C=O) groups is 1. The fourth-order valence-electron chi connectivity index (χ4n) is 1.89. The molecule has 0 fully saturated rings. The molecule has 6 heteroatoms. The molecule has 0 aromatic heterocycles. The first kappa shape index (κ1) is 18.1. The fraction of sp³-hybridized carbons (Fsp3) is 0.533. The van der Waals surface area contributed by atoms with Crippen molar-refractivity contribution in [2.75, 3.05) is 13.2 Å². The highest BCUT2D eigenvalue weighted by molar-refractivity contribution is 6.35. The topological polar surface area (TPSA) is 61.4 Å². The molecule has 0 saturated carbocycles. The number of hydrogen-bond donors (Lipinski definition) is 3. The molecule has 0 aliphatic rings. The molecule has 1 atom stereocenters. The zero-order valence-corrected chi connectivity index (χ0v) is 14.1. The van der Waals surface area contributed by atoms with Gasteiger partial charge in [0.05, 0.1) is 6.04 Å². The first-order valence-electron chi connectivity index (χ1n) is 6.85. The van der Waals surface area contributed by atoms with Gasteiger partial charge in [-0.05, 0) is 36.5 Å². The lowest BCUT2D eigenvalue weighted by molar-refractivity contribution is 0.200. The zero-order valence-electron chi connectivity index (χ0n) is 12.5. The maximum atomic E-state index is 11.9. The van der Waals surface area contributed by atoms with Crippen molar-refractivity contribution >= 4 is 29.2 Å². The van der Waals surface area contributed by atoms with E-state index in [2.05, 4.69) is 10.6 Å². The van der Waals surface area contributed by atoms with Crippen molar-refractivity contribution in [2.45, 2.75) is 33.2 Å². The lowest BCUT2D eigenvalue weighted by Gasteiger charge is -2.24. The second kappa shape index (κ2) is 7.87. The van der Waals surface area contributed by atoms with E-state index in [1.54, 1.807) is 18.2 Å². The number of rotatable bonds is 6. The lowest BCUT2D eigenvalue weighted by atomic mass is 9.90. The Labute approximate surface area is 135 Å². The van der Waals surface area contributed by atoms with Crippen LogP contribution in [-0.2, 0) is 0 Å². The van der Waals surface area contributed by atoms with Gasteiger partial charge in [0.1, 0.15) is 0 Å². The van der Waals surface area contributed by atoms with Crippen molar-refractivity contribution < 1.29 is 9.90 Å². The maximum absolute atomic E-state index is 11.9. The quantitative estimate of drug-likeness (QED) is 0.742. The normalized spacial score (nSPS) is 12.9. The molecule has 0 aliphatic carbocycles. The molecule has 21 heavy (non-hydrogen) atoms. The molecule has 2 amide bonds. The Morgan fingerprint density at radius 2 is 2.05 bits per heavy atom. The minimum Gasteiger partial charge on any atom is -0.396 e. The summed E-state index contributed by atoms with van der Waals surface area (Å²) in [6.45, 7) is 6.42. The van der Waals surface area contributed by atoms with E-state index in [1.807, 2.05) is 20.8 Å². The van der Waals surface area contributed by atoms with E-state index >= 15 is 0 Å². The number of halogens is 2. The van der Waals surface area contributed by atoms with Crippen LogP contribution < -0.4 is 10.6 Å². The van der Waals surface area contributed by atoms with Crippen LogP contribution in [0.25, 0.3) is 0 Å². The summed E-state index contributed by atoms with van der Waals surface area (Å²) < 4.78 is 0. The van der Waals surface area contributed by atoms with Crippen molar-refractivity contribution in [1.29, 1.82) is 0 Å². The standard InChI is InChI=1S/C15H22Cl2N2O2/c1-10(12-5-4-11(16)8-13(12)17)19-14(21)18-9-15(2,3)6-7-20/h4-5,8,10,20H,6-7,9H2,1-3H3,(H2,18,19,21). The van der Waals surface area contributed by atoms with Gasteiger partial charge in [-0.1, -0.05) is 43.1 Å². The van der Waals surface area contributed by atoms with E-state index in [-0.39, 0.29) is 24.1 Å². The van der Waals surface area contributed by atoms with Gasteiger partial charge < -0.3 is 15.7 Å². The van der Waals surface area contributed by atoms with Crippen molar-refractivity contribution in [3.63, 3.8) is 0 Å². The van der Waals surface area contributed by atoms with E-state index in [0.29, 0.717) is 23.0 Å². The van der Waals surface area contributed by atoms with Gasteiger partial charge in [-0.2, -0.15) is 0 Å². The van der Waals surface area contributed by atoms with Gasteiger partial charge in [-0.15, -0.1) is 0 Å². The second-order valence-corrected chi connectivity index (χ2v) is 6.70. The third-order valence-electron chi connectivity index (χ3n) is 3.29. The van der Waals surface area contributed by atoms with Crippen molar-refractivity contribution in [3.05, 3.63) is 33.8 Å². The Morgan fingerprint density at radius 3 is 2.62 bits per heavy atom. The molecule has 0 heterocycles. The summed E-state index contributed by atoms with van der Waals surface area (Å²) in [5.74, 6) is 0. The smallest absolute Gasteiger partial charge is 0.315 e. The fourth-order valence-corrected chi connectivity index (χ4v) is 2.46. The Morgan fingerprint density at radius 1 is 1.38 bits per heavy atom. The molecule has 0 aliphatic heterocycles. The second-order valence-electron chi connectivity index (χ2n) is 5.85. The van der Waals surface area contributed by atoms with E-state index in [1.165, 1.54) is 0 Å². The van der Waals surface area contributed by atoms with Crippen LogP contribution in [0.5, 0.6) is 0 Å². The van der Waals surface area contributed by atoms with Crippen LogP contribution in [0.1, 0.15) is 38.8 Å². The van der Waals surface area contributed by atoms with Crippen LogP contribution in [0.2, 0.25) is 10.0 Å². The molecule has 1 aromatic carbocycles. The molecule has 1 rings (SSSR count).